The normalized spacial score (nSPS) is 3.12. The van der Waals surface area contributed by atoms with Crippen LogP contribution in [0.5, 0.6) is 0 Å². The third kappa shape index (κ3) is 1970. The molecule has 0 aliphatic heterocycles. The molecular weight excluding hydrogens is 176 g/mol. The highest BCUT2D eigenvalue weighted by Crippen LogP contribution is 1.31. The molecule has 0 rings (SSSR count). The zero-order valence-electron chi connectivity index (χ0n) is 4.45. The van der Waals surface area contributed by atoms with Crippen LogP contribution in [0.1, 0.15) is 6.92 Å². The lowest BCUT2D eigenvalue weighted by atomic mass is 10.9. The number of hydrogen-bond acceptors (Lipinski definition) is 2. The van der Waals surface area contributed by atoms with Gasteiger partial charge < -0.3 is 53.3 Å². The summed E-state index contributed by atoms with van der Waals surface area (Å²) in [7, 11) is 0. The van der Waals surface area contributed by atoms with E-state index in [0.717, 1.165) is 6.92 Å². The second-order valence-corrected chi connectivity index (χ2v) is 0.492. The Labute approximate surface area is 66.7 Å². The molecule has 0 unspecified atom stereocenters. The maximum Gasteiger partial charge on any atom is 0.0383 e. The van der Waals surface area contributed by atoms with Gasteiger partial charge in [-0.2, -0.15) is 0 Å². The van der Waals surface area contributed by atoms with E-state index in [1.54, 1.807) is 0 Å². The van der Waals surface area contributed by atoms with Crippen molar-refractivity contribution in [3.05, 3.63) is 0 Å². The smallest absolute Gasteiger partial charge is 0.0383 e. The Balaban J connectivity index is -0.00000000750. The van der Waals surface area contributed by atoms with Gasteiger partial charge in [0.25, 0.3) is 0 Å². The van der Waals surface area contributed by atoms with Crippen LogP contribution < -0.4 is 48.5 Å². The van der Waals surface area contributed by atoms with Crippen molar-refractivity contribution in [3.8, 4) is 0 Å². The van der Waals surface area contributed by atoms with E-state index >= 15 is 0 Å². The number of halogens is 3. The van der Waals surface area contributed by atoms with Crippen molar-refractivity contribution in [1.82, 2.24) is 6.15 Å². The van der Waals surface area contributed by atoms with Crippen LogP contribution in [0, 0.1) is 0 Å². The molecule has 4 N–H and O–H groups in total. The highest BCUT2D eigenvalue weighted by molar-refractivity contribution is 5.60. The first-order valence-electron chi connectivity index (χ1n) is 0.908. The lowest BCUT2D eigenvalue weighted by molar-refractivity contribution is -0.302. The van der Waals surface area contributed by atoms with Crippen molar-refractivity contribution in [2.24, 2.45) is 0 Å². The zero-order chi connectivity index (χ0) is 3.58. The number of aliphatic carboxylic acids is 1. The second kappa shape index (κ2) is 26.6. The first-order chi connectivity index (χ1) is 1.73. The minimum atomic E-state index is -1.08. The molecule has 8 heavy (non-hydrogen) atoms. The van der Waals surface area contributed by atoms with Crippen molar-refractivity contribution in [1.29, 1.82) is 0 Å². The fourth-order valence-corrected chi connectivity index (χ4v) is 0. The van der Waals surface area contributed by atoms with Crippen molar-refractivity contribution in [2.45, 2.75) is 6.92 Å². The third-order valence-electron chi connectivity index (χ3n) is 0. The van der Waals surface area contributed by atoms with E-state index in [1.165, 1.54) is 0 Å². The molecule has 0 aromatic carbocycles. The number of carboxylic acid groups (broad SMARTS) is 1. The topological polar surface area (TPSA) is 76.6 Å². The molecule has 0 amide bonds. The van der Waals surface area contributed by atoms with Gasteiger partial charge >= 0.3 is 0 Å². The van der Waals surface area contributed by atoms with Crippen molar-refractivity contribution >= 4 is 5.97 Å². The van der Waals surface area contributed by atoms with E-state index in [-0.39, 0.29) is 43.4 Å². The monoisotopic (exact) mass is 182 g/mol. The van der Waals surface area contributed by atoms with Gasteiger partial charge in [-0.3, -0.25) is 0 Å². The fraction of sp³-hybridized carbons (Fsp3) is 0.500. The van der Waals surface area contributed by atoms with E-state index in [9.17, 15) is 0 Å². The summed E-state index contributed by atoms with van der Waals surface area (Å²) in [5, 5.41) is 8.89. The van der Waals surface area contributed by atoms with Crippen LogP contribution in [0.15, 0.2) is 0 Å². The molecule has 56 valence electrons. The average molecular weight is 183 g/mol. The number of carbonyl (C=O) groups excluding carboxylic acids is 1. The molecule has 0 radical (unpaired) electrons. The molecule has 6 heteroatoms. The van der Waals surface area contributed by atoms with Crippen LogP contribution in [0.4, 0.5) is 0 Å². The predicted molar refractivity (Wildman–Crippen MR) is 16.7 cm³/mol. The first kappa shape index (κ1) is 40.6. The van der Waals surface area contributed by atoms with Crippen molar-refractivity contribution < 1.29 is 47.1 Å². The lowest BCUT2D eigenvalue weighted by Gasteiger charge is -1.77. The van der Waals surface area contributed by atoms with Crippen LogP contribution in [0.2, 0.25) is 0 Å². The molecule has 0 spiro atoms. The van der Waals surface area contributed by atoms with Gasteiger partial charge in [-0.1, -0.05) is 0 Å². The quantitative estimate of drug-likeness (QED) is 0.405. The molecule has 0 saturated carbocycles. The van der Waals surface area contributed by atoms with Crippen molar-refractivity contribution in [3.63, 3.8) is 0 Å². The molecule has 0 aliphatic carbocycles. The van der Waals surface area contributed by atoms with E-state index in [0.29, 0.717) is 0 Å². The Kier molecular flexibility index (Phi) is 135. The summed E-state index contributed by atoms with van der Waals surface area (Å²) in [6.07, 6.45) is 0. The summed E-state index contributed by atoms with van der Waals surface area (Å²) in [6.45, 7) is 0.972. The summed E-state index contributed by atoms with van der Waals surface area (Å²) < 4.78 is 0. The Morgan fingerprint density at radius 2 is 1.25 bits per heavy atom. The van der Waals surface area contributed by atoms with Gasteiger partial charge in [0.15, 0.2) is 0 Å². The second-order valence-electron chi connectivity index (χ2n) is 0.492. The fourth-order valence-electron chi connectivity index (χ4n) is 0. The summed E-state index contributed by atoms with van der Waals surface area (Å²) in [5.74, 6) is -1.08. The predicted octanol–water partition coefficient (Wildman–Crippen LogP) is -9.86. The third-order valence-corrected chi connectivity index (χ3v) is 0. The molecule has 0 aliphatic rings. The highest BCUT2D eigenvalue weighted by Gasteiger charge is 1.46. The number of hydrogen-bond donors (Lipinski definition) is 1. The summed E-state index contributed by atoms with van der Waals surface area (Å²) in [4.78, 5) is 8.89. The maximum absolute atomic E-state index is 8.89. The molecule has 0 aromatic heterocycles. The van der Waals surface area contributed by atoms with Crippen LogP contribution >= 0.6 is 0 Å². The molecule has 0 heterocycles. The SMILES string of the molecule is CC(=O)[O-].[Cl-].[Cl-].[Cl-].[NH4+]. The Hall–Kier alpha value is 0.300. The van der Waals surface area contributed by atoms with Gasteiger partial charge in [0.2, 0.25) is 0 Å². The van der Waals surface area contributed by atoms with Gasteiger partial charge in [0.05, 0.1) is 0 Å². The Morgan fingerprint density at radius 1 is 1.25 bits per heavy atom. The van der Waals surface area contributed by atoms with E-state index in [1.807, 2.05) is 0 Å². The number of carboxylic acids is 1. The molecule has 0 fully saturated rings. The highest BCUT2D eigenvalue weighted by atomic mass is 35.5. The molecule has 0 aromatic rings. The average Bonchev–Trinajstić information content (AvgIpc) is 0.811. The van der Waals surface area contributed by atoms with Gasteiger partial charge in [0.1, 0.15) is 0 Å². The van der Waals surface area contributed by atoms with E-state index in [4.69, 9.17) is 9.90 Å². The first-order valence-corrected chi connectivity index (χ1v) is 0.908. The Morgan fingerprint density at radius 3 is 1.25 bits per heavy atom. The largest absolute Gasteiger partial charge is 1.00 e. The zero-order valence-corrected chi connectivity index (χ0v) is 6.72. The molecular formula is C2H7Cl3NO2-3. The standard InChI is InChI=1S/C2H4O2.3ClH.H3N/c1-2(3)4;;;;/h1H3,(H,3,4);3*1H;1H3/p-3. The van der Waals surface area contributed by atoms with Crippen LogP contribution in [-0.2, 0) is 4.79 Å². The van der Waals surface area contributed by atoms with Gasteiger partial charge in [0, 0.05) is 5.97 Å². The van der Waals surface area contributed by atoms with E-state index < -0.39 is 5.97 Å². The molecule has 0 atom stereocenters. The summed E-state index contributed by atoms with van der Waals surface area (Å²) >= 11 is 0. The minimum absolute atomic E-state index is 0. The number of carbonyl (C=O) groups is 1. The maximum atomic E-state index is 8.89. The van der Waals surface area contributed by atoms with Crippen LogP contribution in [-0.4, -0.2) is 5.97 Å². The summed E-state index contributed by atoms with van der Waals surface area (Å²) in [5.41, 5.74) is 0. The van der Waals surface area contributed by atoms with Gasteiger partial charge in [-0.15, -0.1) is 0 Å². The van der Waals surface area contributed by atoms with E-state index in [2.05, 4.69) is 0 Å². The number of quaternary nitrogens is 1. The van der Waals surface area contributed by atoms with Crippen LogP contribution in [0.3, 0.4) is 0 Å². The minimum Gasteiger partial charge on any atom is -1.00 e. The van der Waals surface area contributed by atoms with Gasteiger partial charge in [-0.25, -0.2) is 0 Å². The van der Waals surface area contributed by atoms with Gasteiger partial charge in [-0.05, 0) is 6.92 Å². The molecule has 0 saturated heterocycles. The summed E-state index contributed by atoms with van der Waals surface area (Å²) in [6, 6.07) is 0. The van der Waals surface area contributed by atoms with Crippen LogP contribution in [0.25, 0.3) is 0 Å². The molecule has 3 nitrogen and oxygen atoms in total. The number of rotatable bonds is 0. The molecule has 0 bridgehead atoms. The Bertz CT molecular complexity index is 38.3. The lowest BCUT2D eigenvalue weighted by Crippen LogP contribution is -3.00. The van der Waals surface area contributed by atoms with Crippen molar-refractivity contribution in [2.75, 3.05) is 0 Å².